The van der Waals surface area contributed by atoms with E-state index in [-0.39, 0.29) is 38.4 Å². The van der Waals surface area contributed by atoms with Crippen LogP contribution in [0.15, 0.2) is 101 Å². The van der Waals surface area contributed by atoms with Gasteiger partial charge < -0.3 is 53.5 Å². The fourth-order valence-corrected chi connectivity index (χ4v) is 5.30. The van der Waals surface area contributed by atoms with E-state index in [9.17, 15) is 19.2 Å². The van der Waals surface area contributed by atoms with Crippen LogP contribution >= 0.6 is 24.4 Å². The van der Waals surface area contributed by atoms with Gasteiger partial charge in [0.25, 0.3) is 0 Å². The summed E-state index contributed by atoms with van der Waals surface area (Å²) in [6, 6.07) is 26.1. The number of carboxylic acids is 2. The number of aromatic nitrogens is 2. The van der Waals surface area contributed by atoms with Gasteiger partial charge in [0.1, 0.15) is 5.75 Å². The normalized spacial score (nSPS) is 9.90. The number of carbonyl (C=O) groups excluding carboxylic acids is 2. The lowest BCUT2D eigenvalue weighted by molar-refractivity contribution is -0.137. The molecule has 19 heteroatoms. The van der Waals surface area contributed by atoms with Gasteiger partial charge >= 0.3 is 11.9 Å². The molecule has 0 fully saturated rings. The number of para-hydroxylation sites is 1. The van der Waals surface area contributed by atoms with Gasteiger partial charge in [-0.3, -0.25) is 29.2 Å². The molecule has 0 aliphatic carbocycles. The highest BCUT2D eigenvalue weighted by atomic mass is 32.2. The zero-order valence-electron chi connectivity index (χ0n) is 70.8. The average molecular weight is 1500 g/mol. The number of thiol groups is 1. The minimum absolute atomic E-state index is 0. The number of aliphatic carboxylic acids is 2. The minimum Gasteiger partial charge on any atom is -0.508 e. The highest BCUT2D eigenvalue weighted by molar-refractivity contribution is 7.98. The molecule has 0 bridgehead atoms. The van der Waals surface area contributed by atoms with Crippen LogP contribution in [0.1, 0.15) is 319 Å². The molecule has 2 heterocycles. The number of nitrogens with zero attached hydrogens (tertiary/aromatic N) is 3. The number of amidine groups is 1. The Kier molecular flexibility index (Phi) is 148. The number of nitrogens with two attached hydrogens (primary N) is 4. The number of aliphatic imine (C=N–C) groups is 2. The highest BCUT2D eigenvalue weighted by Crippen LogP contribution is 2.33. The maximum atomic E-state index is 9.82. The summed E-state index contributed by atoms with van der Waals surface area (Å²) in [5.74, 6) is 4.53. The number of thioether (sulfide) groups is 1. The molecule has 1 aliphatic heterocycles. The van der Waals surface area contributed by atoms with Crippen LogP contribution in [0, 0.1) is 17.8 Å². The zero-order chi connectivity index (χ0) is 82.4. The van der Waals surface area contributed by atoms with Gasteiger partial charge in [-0.15, -0.1) is 0 Å². The molecule has 17 nitrogen and oxygen atoms in total. The number of carboxylic acid groups (broad SMARTS) is 2. The van der Waals surface area contributed by atoms with E-state index in [0.717, 1.165) is 87.2 Å². The molecule has 103 heavy (non-hydrogen) atoms. The van der Waals surface area contributed by atoms with Crippen molar-refractivity contribution < 1.29 is 44.7 Å². The maximum Gasteiger partial charge on any atom is 0.303 e. The first-order chi connectivity index (χ1) is 48.1. The standard InChI is InChI=1S/C10H11N.C8H10O.C8H10.C6H14N2.C5H8N2.C5H13N.2C5H12.C4H9NO.C4H8O2.C4H10S.C4H10.C3H7NO.C3H6O2.C3H8O.C2H6O.C2H6S.C2H6.CH4/c1-2-8-7-11-10-6-4-3-5-9(8)10;1-2-7-3-5-8(9)6-4-7;1-2-8-6-4-3-5-7-8;1-3-4-5-8-6(2)7;1-2-5-3-6-4-7-5;1-2-3-4-5-6;2*1-4-5(2)3;2*1-2-3-4(5)6;1-3-4-5-2;1-4(2)3;2*1-2-3(4)5;1-3(2)4;2*1-2-3;1-2;/h3-8H,2H2,1H3;3-6,9H,2H2,1H3;3-7H,2H2,1H3;3-5H2,1-2H3,(H2,7,8);3-4H,2H2,1H3,(H,6,7);2-6H2,1H3;2*5H,4H2,1-3H3;2-3H2,1H3,(H2,5,6);2-3H2,1H3,(H,5,6);3-4H2,1-2H3;4H,1-3H3;2H2,1H3,(H2,4,5);2H2,1H3,(H,4,5);3-4H,1-2H3;2*3H,2H2,1H3;1-2H3;1H4. The number of fused-ring (bicyclic) bond motifs is 1. The molecule has 1 aliphatic rings. The quantitative estimate of drug-likeness (QED) is 0.0170. The minimum atomic E-state index is -0.745. The molecule has 0 spiro atoms. The maximum absolute atomic E-state index is 9.82. The van der Waals surface area contributed by atoms with Crippen LogP contribution in [-0.2, 0) is 38.4 Å². The molecule has 0 saturated heterocycles. The van der Waals surface area contributed by atoms with E-state index in [4.69, 9.17) is 42.7 Å². The van der Waals surface area contributed by atoms with Crippen molar-refractivity contribution >= 4 is 65.9 Å². The number of hydrogen-bond acceptors (Lipinski definition) is 13. The number of rotatable bonds is 20. The molecular formula is C84H170N8O9S2. The summed E-state index contributed by atoms with van der Waals surface area (Å²) in [5, 5.41) is 40.1. The van der Waals surface area contributed by atoms with E-state index >= 15 is 0 Å². The number of nitrogens with one attached hydrogen (secondary N) is 1. The summed E-state index contributed by atoms with van der Waals surface area (Å²) in [6.45, 7) is 56.8. The van der Waals surface area contributed by atoms with Gasteiger partial charge in [0.2, 0.25) is 11.8 Å². The second kappa shape index (κ2) is 117. The smallest absolute Gasteiger partial charge is 0.303 e. The summed E-state index contributed by atoms with van der Waals surface area (Å²) in [7, 11) is 0. The Balaban J connectivity index is -0.0000000687. The van der Waals surface area contributed by atoms with Crippen LogP contribution in [0.4, 0.5) is 5.69 Å². The summed E-state index contributed by atoms with van der Waals surface area (Å²) < 4.78 is 0. The van der Waals surface area contributed by atoms with E-state index in [0.29, 0.717) is 36.8 Å². The van der Waals surface area contributed by atoms with E-state index in [1.54, 1.807) is 53.1 Å². The number of primary amides is 2. The van der Waals surface area contributed by atoms with Crippen molar-refractivity contribution in [3.63, 3.8) is 0 Å². The Labute approximate surface area is 646 Å². The summed E-state index contributed by atoms with van der Waals surface area (Å²) in [5.41, 5.74) is 26.3. The van der Waals surface area contributed by atoms with Gasteiger partial charge in [-0.05, 0) is 162 Å². The molecule has 612 valence electrons. The summed E-state index contributed by atoms with van der Waals surface area (Å²) >= 11 is 5.69. The third-order valence-electron chi connectivity index (χ3n) is 11.0. The van der Waals surface area contributed by atoms with Crippen LogP contribution in [0.5, 0.6) is 5.75 Å². The number of aliphatic hydroxyl groups is 2. The van der Waals surface area contributed by atoms with Crippen molar-refractivity contribution in [1.29, 1.82) is 0 Å². The number of H-pyrrole nitrogens is 1. The Bertz CT molecular complexity index is 2140. The lowest BCUT2D eigenvalue weighted by atomic mass is 9.99. The molecule has 5 rings (SSSR count). The molecule has 1 atom stereocenters. The number of phenolic OH excluding ortho intramolecular Hbond substituents is 1. The monoisotopic (exact) mass is 1500 g/mol. The molecule has 0 saturated carbocycles. The van der Waals surface area contributed by atoms with Gasteiger partial charge in [0.15, 0.2) is 0 Å². The predicted octanol–water partition coefficient (Wildman–Crippen LogP) is 22.4. The van der Waals surface area contributed by atoms with E-state index in [2.05, 4.69) is 198 Å². The number of imidazole rings is 1. The molecular weight excluding hydrogens is 1330 g/mol. The van der Waals surface area contributed by atoms with Crippen LogP contribution in [0.3, 0.4) is 0 Å². The first-order valence-corrected chi connectivity index (χ1v) is 39.9. The van der Waals surface area contributed by atoms with Crippen molar-refractivity contribution in [2.75, 3.05) is 37.5 Å². The molecule has 1 aromatic heterocycles. The largest absolute Gasteiger partial charge is 0.508 e. The van der Waals surface area contributed by atoms with Crippen molar-refractivity contribution in [2.24, 2.45) is 50.7 Å². The van der Waals surface area contributed by atoms with Crippen LogP contribution in [0.25, 0.3) is 0 Å². The van der Waals surface area contributed by atoms with Crippen LogP contribution in [0.2, 0.25) is 0 Å². The Hall–Kier alpha value is -5.73. The summed E-state index contributed by atoms with van der Waals surface area (Å²) in [6.07, 6.45) is 25.0. The topological polar surface area (TPSA) is 327 Å². The van der Waals surface area contributed by atoms with Gasteiger partial charge in [0.05, 0.1) is 17.9 Å². The first kappa shape index (κ1) is 130. The number of hydrogen-bond donors (Lipinski definition) is 11. The molecule has 1 unspecified atom stereocenters. The number of carbonyl (C=O) groups is 4. The second-order valence-electron chi connectivity index (χ2n) is 23.5. The lowest BCUT2D eigenvalue weighted by Crippen LogP contribution is -2.08. The number of aliphatic hydroxyl groups excluding tert-OH is 2. The van der Waals surface area contributed by atoms with E-state index in [1.165, 1.54) is 73.1 Å². The van der Waals surface area contributed by atoms with E-state index < -0.39 is 11.9 Å². The number of benzene rings is 3. The molecule has 14 N–H and O–H groups in total. The number of aryl methyl sites for hydroxylation is 3. The second-order valence-corrected chi connectivity index (χ2v) is 25.1. The third kappa shape index (κ3) is 168. The number of amides is 2. The third-order valence-corrected chi connectivity index (χ3v) is 11.9. The van der Waals surface area contributed by atoms with Gasteiger partial charge in [-0.2, -0.15) is 24.4 Å². The van der Waals surface area contributed by atoms with Crippen molar-refractivity contribution in [2.45, 2.75) is 322 Å². The van der Waals surface area contributed by atoms with Crippen molar-refractivity contribution in [1.82, 2.24) is 9.97 Å². The average Bonchev–Trinajstić information content (AvgIpc) is 1.71. The fraction of sp³-hybridized carbons (Fsp3) is 0.679. The highest BCUT2D eigenvalue weighted by Gasteiger charge is 2.15. The SMILES string of the molecule is C.CC.CC(C)C.CC(C)O.CCC(=O)O.CCC(C)C.CCC(C)C.CCC(N)=O.CCC1C=Nc2ccccc21.CCCC(=O)O.CCCC(N)=O.CCCCCN.CCCCN=C(C)N.CCCSC.CCO.CCS.CCc1ccc(O)cc1.CCc1ccccc1.CCc1cnc[nH]1. The van der Waals surface area contributed by atoms with Gasteiger partial charge in [0, 0.05) is 69.0 Å². The predicted molar refractivity (Wildman–Crippen MR) is 466 cm³/mol. The number of phenols is 1. The number of aromatic amines is 1. The molecule has 2 amide bonds. The Morgan fingerprint density at radius 2 is 1.01 bits per heavy atom. The van der Waals surface area contributed by atoms with Gasteiger partial charge in [-0.1, -0.05) is 259 Å². The molecule has 3 aromatic carbocycles. The Morgan fingerprint density at radius 3 is 1.22 bits per heavy atom. The Morgan fingerprint density at radius 1 is 0.612 bits per heavy atom. The number of aromatic hydroxyl groups is 1. The van der Waals surface area contributed by atoms with Crippen LogP contribution in [-0.4, -0.2) is 115 Å². The number of unbranched alkanes of at least 4 members (excludes halogenated alkanes) is 3. The molecule has 0 radical (unpaired) electrons. The summed E-state index contributed by atoms with van der Waals surface area (Å²) in [4.78, 5) is 53.5. The fourth-order valence-electron chi connectivity index (χ4n) is 4.89. The van der Waals surface area contributed by atoms with Crippen molar-refractivity contribution in [3.8, 4) is 5.75 Å². The zero-order valence-corrected chi connectivity index (χ0v) is 72.5. The van der Waals surface area contributed by atoms with E-state index in [1.807, 2.05) is 90.0 Å². The van der Waals surface area contributed by atoms with Crippen molar-refractivity contribution in [3.05, 3.63) is 114 Å². The lowest BCUT2D eigenvalue weighted by Gasteiger charge is -2.03. The molecule has 4 aromatic rings. The van der Waals surface area contributed by atoms with Crippen LogP contribution < -0.4 is 22.9 Å². The first-order valence-electron chi connectivity index (χ1n) is 37.9. The van der Waals surface area contributed by atoms with Gasteiger partial charge in [-0.25, -0.2) is 4.98 Å².